The number of rotatable bonds is 4. The molecule has 1 aliphatic heterocycles. The molecular weight excluding hydrogens is 457 g/mol. The number of aromatic nitrogens is 3. The van der Waals surface area contributed by atoms with Gasteiger partial charge in [-0.2, -0.15) is 5.10 Å². The highest BCUT2D eigenvalue weighted by molar-refractivity contribution is 7.19. The van der Waals surface area contributed by atoms with Crippen LogP contribution in [0.15, 0.2) is 24.4 Å². The molecule has 8 nitrogen and oxygen atoms in total. The van der Waals surface area contributed by atoms with E-state index >= 15 is 0 Å². The van der Waals surface area contributed by atoms with Gasteiger partial charge in [0.05, 0.1) is 11.2 Å². The molecule has 1 aromatic carbocycles. The fourth-order valence-electron chi connectivity index (χ4n) is 3.68. The third kappa shape index (κ3) is 4.64. The first-order valence-corrected chi connectivity index (χ1v) is 11.5. The molecular formula is C20H23Cl2N7OS. The number of amides is 1. The molecule has 1 atom stereocenters. The third-order valence-electron chi connectivity index (χ3n) is 5.26. The van der Waals surface area contributed by atoms with Crippen molar-refractivity contribution in [1.82, 2.24) is 14.8 Å². The van der Waals surface area contributed by atoms with Gasteiger partial charge in [-0.3, -0.25) is 9.48 Å². The number of halogens is 2. The normalized spacial score (nSPS) is 16.9. The maximum Gasteiger partial charge on any atom is 0.277 e. The number of nitrogens with one attached hydrogen (secondary N) is 1. The lowest BCUT2D eigenvalue weighted by Gasteiger charge is -2.24. The van der Waals surface area contributed by atoms with Crippen LogP contribution in [0.2, 0.25) is 10.0 Å². The molecule has 3 aromatic rings. The summed E-state index contributed by atoms with van der Waals surface area (Å²) in [5.41, 5.74) is 13.6. The smallest absolute Gasteiger partial charge is 0.277 e. The minimum atomic E-state index is -0.404. The summed E-state index contributed by atoms with van der Waals surface area (Å²) in [4.78, 5) is 19.7. The number of carbonyl (C=O) groups excluding carboxylic acids is 1. The van der Waals surface area contributed by atoms with E-state index in [2.05, 4.69) is 20.3 Å². The number of hydrogen-bond donors (Lipinski definition) is 3. The maximum absolute atomic E-state index is 13.0. The largest absolute Gasteiger partial charge is 0.389 e. The number of carbonyl (C=O) groups is 1. The first kappa shape index (κ1) is 21.9. The molecule has 3 heterocycles. The van der Waals surface area contributed by atoms with Crippen molar-refractivity contribution in [3.8, 4) is 10.6 Å². The van der Waals surface area contributed by atoms with E-state index in [1.165, 1.54) is 11.3 Å². The van der Waals surface area contributed by atoms with Crippen molar-refractivity contribution in [2.45, 2.75) is 25.3 Å². The molecule has 1 saturated heterocycles. The molecule has 1 unspecified atom stereocenters. The van der Waals surface area contributed by atoms with E-state index in [0.29, 0.717) is 31.3 Å². The number of nitrogen functional groups attached to an aromatic ring is 1. The van der Waals surface area contributed by atoms with Crippen LogP contribution in [0.1, 0.15) is 29.8 Å². The second kappa shape index (κ2) is 9.04. The zero-order valence-electron chi connectivity index (χ0n) is 16.9. The van der Waals surface area contributed by atoms with Crippen molar-refractivity contribution in [2.24, 2.45) is 12.8 Å². The number of hydrogen-bond acceptors (Lipinski definition) is 7. The summed E-state index contributed by atoms with van der Waals surface area (Å²) >= 11 is 13.5. The van der Waals surface area contributed by atoms with E-state index < -0.39 is 5.91 Å². The van der Waals surface area contributed by atoms with Gasteiger partial charge in [-0.25, -0.2) is 4.98 Å². The molecule has 4 rings (SSSR count). The summed E-state index contributed by atoms with van der Waals surface area (Å²) in [5, 5.41) is 9.09. The van der Waals surface area contributed by atoms with E-state index in [0.717, 1.165) is 38.2 Å². The van der Waals surface area contributed by atoms with Crippen LogP contribution in [-0.2, 0) is 7.05 Å². The van der Waals surface area contributed by atoms with Crippen molar-refractivity contribution in [3.05, 3.63) is 40.1 Å². The Balaban J connectivity index is 1.59. The highest BCUT2D eigenvalue weighted by Gasteiger charge is 2.24. The van der Waals surface area contributed by atoms with Gasteiger partial charge in [-0.1, -0.05) is 34.5 Å². The molecule has 1 fully saturated rings. The molecule has 0 aliphatic carbocycles. The average Bonchev–Trinajstić information content (AvgIpc) is 3.21. The Kier molecular flexibility index (Phi) is 6.38. The van der Waals surface area contributed by atoms with Crippen molar-refractivity contribution < 1.29 is 4.79 Å². The Bertz CT molecular complexity index is 1110. The second-order valence-electron chi connectivity index (χ2n) is 7.49. The van der Waals surface area contributed by atoms with Gasteiger partial charge in [0, 0.05) is 36.8 Å². The summed E-state index contributed by atoms with van der Waals surface area (Å²) in [7, 11) is 1.85. The van der Waals surface area contributed by atoms with Crippen LogP contribution in [-0.4, -0.2) is 39.8 Å². The van der Waals surface area contributed by atoms with Gasteiger partial charge in [0.1, 0.15) is 15.7 Å². The summed E-state index contributed by atoms with van der Waals surface area (Å²) in [6, 6.07) is 5.28. The van der Waals surface area contributed by atoms with Crippen LogP contribution in [0, 0.1) is 0 Å². The quantitative estimate of drug-likeness (QED) is 0.520. The summed E-state index contributed by atoms with van der Waals surface area (Å²) in [5.74, 6) is 0.438. The highest BCUT2D eigenvalue weighted by Crippen LogP contribution is 2.36. The Hall–Kier alpha value is -2.33. The fourth-order valence-corrected chi connectivity index (χ4v) is 4.98. The number of aryl methyl sites for hydroxylation is 1. The SMILES string of the molecule is Cn1ncc(NC(=O)c2nc(-c3cc(Cl)ccc3Cl)sc2N)c1N1CCCC(N)CC1. The number of benzene rings is 1. The van der Waals surface area contributed by atoms with Crippen molar-refractivity contribution >= 4 is 57.0 Å². The highest BCUT2D eigenvalue weighted by atomic mass is 35.5. The van der Waals surface area contributed by atoms with E-state index in [1.807, 2.05) is 7.05 Å². The van der Waals surface area contributed by atoms with Crippen LogP contribution in [0.25, 0.3) is 10.6 Å². The van der Waals surface area contributed by atoms with Crippen LogP contribution in [0.3, 0.4) is 0 Å². The van der Waals surface area contributed by atoms with Crippen LogP contribution < -0.4 is 21.7 Å². The second-order valence-corrected chi connectivity index (χ2v) is 9.37. The molecule has 1 amide bonds. The van der Waals surface area contributed by atoms with E-state index in [9.17, 15) is 4.79 Å². The predicted molar refractivity (Wildman–Crippen MR) is 127 cm³/mol. The molecule has 0 bridgehead atoms. The predicted octanol–water partition coefficient (Wildman–Crippen LogP) is 4.00. The molecule has 31 heavy (non-hydrogen) atoms. The molecule has 2 aromatic heterocycles. The Labute approximate surface area is 194 Å². The average molecular weight is 480 g/mol. The van der Waals surface area contributed by atoms with Gasteiger partial charge in [-0.05, 0) is 37.5 Å². The van der Waals surface area contributed by atoms with Gasteiger partial charge in [0.2, 0.25) is 0 Å². The number of nitrogens with two attached hydrogens (primary N) is 2. The van der Waals surface area contributed by atoms with Crippen LogP contribution in [0.5, 0.6) is 0 Å². The Morgan fingerprint density at radius 3 is 2.90 bits per heavy atom. The molecule has 164 valence electrons. The minimum absolute atomic E-state index is 0.142. The first-order chi connectivity index (χ1) is 14.8. The van der Waals surface area contributed by atoms with Crippen molar-refractivity contribution in [3.63, 3.8) is 0 Å². The van der Waals surface area contributed by atoms with Gasteiger partial charge in [-0.15, -0.1) is 0 Å². The summed E-state index contributed by atoms with van der Waals surface area (Å²) in [6.45, 7) is 1.66. The van der Waals surface area contributed by atoms with Gasteiger partial charge in [0.25, 0.3) is 5.91 Å². The van der Waals surface area contributed by atoms with Gasteiger partial charge >= 0.3 is 0 Å². The van der Waals surface area contributed by atoms with E-state index in [1.54, 1.807) is 29.1 Å². The van der Waals surface area contributed by atoms with Gasteiger partial charge in [0.15, 0.2) is 11.5 Å². The summed E-state index contributed by atoms with van der Waals surface area (Å²) < 4.78 is 1.76. The Morgan fingerprint density at radius 2 is 2.10 bits per heavy atom. The lowest BCUT2D eigenvalue weighted by atomic mass is 10.1. The van der Waals surface area contributed by atoms with E-state index in [-0.39, 0.29) is 11.7 Å². The van der Waals surface area contributed by atoms with Crippen LogP contribution >= 0.6 is 34.5 Å². The number of nitrogens with zero attached hydrogens (tertiary/aromatic N) is 4. The van der Waals surface area contributed by atoms with Crippen molar-refractivity contribution in [1.29, 1.82) is 0 Å². The van der Waals surface area contributed by atoms with E-state index in [4.69, 9.17) is 34.7 Å². The zero-order valence-corrected chi connectivity index (χ0v) is 19.3. The molecule has 11 heteroatoms. The molecule has 1 aliphatic rings. The summed E-state index contributed by atoms with van der Waals surface area (Å²) in [6.07, 6.45) is 4.50. The fraction of sp³-hybridized carbons (Fsp3) is 0.350. The monoisotopic (exact) mass is 479 g/mol. The molecule has 5 N–H and O–H groups in total. The lowest BCUT2D eigenvalue weighted by molar-refractivity contribution is 0.102. The Morgan fingerprint density at radius 1 is 1.29 bits per heavy atom. The zero-order chi connectivity index (χ0) is 22.1. The number of thiazole rings is 1. The van der Waals surface area contributed by atoms with Crippen LogP contribution in [0.4, 0.5) is 16.5 Å². The standard InChI is InChI=1S/C20H23Cl2N7OS/c1-28-20(29-7-2-3-12(23)6-8-29)15(10-25-28)26-18(30)16-17(24)31-19(27-16)13-9-11(21)4-5-14(13)22/h4-5,9-10,12H,2-3,6-8,23-24H2,1H3,(H,26,30). The third-order valence-corrected chi connectivity index (χ3v) is 6.74. The molecule has 0 saturated carbocycles. The van der Waals surface area contributed by atoms with Gasteiger partial charge < -0.3 is 21.7 Å². The number of anilines is 3. The van der Waals surface area contributed by atoms with Crippen molar-refractivity contribution in [2.75, 3.05) is 29.0 Å². The lowest BCUT2D eigenvalue weighted by Crippen LogP contribution is -2.29. The minimum Gasteiger partial charge on any atom is -0.389 e. The maximum atomic E-state index is 13.0. The topological polar surface area (TPSA) is 115 Å². The molecule has 0 spiro atoms. The first-order valence-electron chi connectivity index (χ1n) is 9.89. The molecule has 0 radical (unpaired) electrons.